The van der Waals surface area contributed by atoms with Crippen molar-refractivity contribution in [2.75, 3.05) is 0 Å². The first-order valence-electron chi connectivity index (χ1n) is 14.0. The van der Waals surface area contributed by atoms with Crippen LogP contribution < -0.4 is 20.9 Å². The van der Waals surface area contributed by atoms with Gasteiger partial charge in [-0.1, -0.05) is 26.0 Å². The molecule has 2 saturated carbocycles. The Morgan fingerprint density at radius 1 is 1.12 bits per heavy atom. The second kappa shape index (κ2) is 10.9. The molecule has 2 aliphatic carbocycles. The SMILES string of the molecule is C=CC(=O)N[C@H]1CCCC[C@H]1NC(=O)c1sc2nccc3c2c1[nH]c(=C)n3-c1cnc(OC2CCCC2)cc1C. The van der Waals surface area contributed by atoms with Gasteiger partial charge in [-0.25, -0.2) is 9.97 Å². The highest BCUT2D eigenvalue weighted by molar-refractivity contribution is 7.21. The number of pyridine rings is 2. The van der Waals surface area contributed by atoms with Crippen LogP contribution in [0.3, 0.4) is 0 Å². The van der Waals surface area contributed by atoms with Gasteiger partial charge in [0.1, 0.15) is 21.3 Å². The van der Waals surface area contributed by atoms with Gasteiger partial charge in [-0.05, 0) is 63.2 Å². The zero-order valence-corrected chi connectivity index (χ0v) is 23.5. The summed E-state index contributed by atoms with van der Waals surface area (Å²) in [4.78, 5) is 39.5. The number of amides is 2. The molecule has 4 heterocycles. The molecule has 208 valence electrons. The predicted molar refractivity (Wildman–Crippen MR) is 158 cm³/mol. The van der Waals surface area contributed by atoms with E-state index < -0.39 is 0 Å². The van der Waals surface area contributed by atoms with Gasteiger partial charge in [0.05, 0.1) is 28.3 Å². The average Bonchev–Trinajstić information content (AvgIpc) is 3.59. The van der Waals surface area contributed by atoms with Gasteiger partial charge in [0, 0.05) is 24.3 Å². The molecule has 4 aromatic rings. The van der Waals surface area contributed by atoms with Crippen LogP contribution in [-0.4, -0.2) is 49.5 Å². The topological polar surface area (TPSA) is 114 Å². The second-order valence-corrected chi connectivity index (χ2v) is 11.7. The van der Waals surface area contributed by atoms with Crippen molar-refractivity contribution in [3.63, 3.8) is 0 Å². The van der Waals surface area contributed by atoms with Gasteiger partial charge in [0.15, 0.2) is 0 Å². The molecule has 2 atom stereocenters. The Morgan fingerprint density at radius 3 is 2.58 bits per heavy atom. The number of carbonyl (C=O) groups excluding carboxylic acids is 2. The summed E-state index contributed by atoms with van der Waals surface area (Å²) in [5, 5.41) is 7.03. The lowest BCUT2D eigenvalue weighted by Crippen LogP contribution is -2.52. The molecule has 6 rings (SSSR count). The number of aromatic amines is 1. The van der Waals surface area contributed by atoms with E-state index in [0.29, 0.717) is 21.8 Å². The van der Waals surface area contributed by atoms with E-state index >= 15 is 0 Å². The lowest BCUT2D eigenvalue weighted by molar-refractivity contribution is -0.117. The van der Waals surface area contributed by atoms with E-state index in [1.807, 2.05) is 29.8 Å². The number of aryl methyl sites for hydroxylation is 1. The minimum Gasteiger partial charge on any atom is -0.474 e. The number of aromatic nitrogens is 4. The molecule has 3 N–H and O–H groups in total. The zero-order valence-electron chi connectivity index (χ0n) is 22.7. The first kappa shape index (κ1) is 26.3. The Labute approximate surface area is 236 Å². The molecule has 0 bridgehead atoms. The molecule has 9 nitrogen and oxygen atoms in total. The van der Waals surface area contributed by atoms with Crippen molar-refractivity contribution < 1.29 is 14.3 Å². The number of hydrogen-bond acceptors (Lipinski definition) is 6. The number of rotatable bonds is 7. The molecule has 40 heavy (non-hydrogen) atoms. The average molecular weight is 559 g/mol. The van der Waals surface area contributed by atoms with Crippen molar-refractivity contribution in [2.45, 2.75) is 76.5 Å². The predicted octanol–water partition coefficient (Wildman–Crippen LogP) is 4.63. The molecule has 4 aromatic heterocycles. The van der Waals surface area contributed by atoms with Crippen molar-refractivity contribution in [3.8, 4) is 11.6 Å². The third-order valence-electron chi connectivity index (χ3n) is 8.04. The Morgan fingerprint density at radius 2 is 1.85 bits per heavy atom. The Balaban J connectivity index is 1.34. The van der Waals surface area contributed by atoms with Crippen molar-refractivity contribution in [3.05, 3.63) is 53.1 Å². The standard InChI is InChI=1S/C30H34N6O3S/c1-4-24(37)34-20-11-7-8-12-21(20)35-29(38)28-27-26-22(13-14-31-30(26)40-28)36(18(3)33-27)23-16-32-25(15-17(23)2)39-19-9-5-6-10-19/h4,13-16,19-21,33H,1,3,5-12H2,2H3,(H,34,37)(H,35,38)/t20-,21+/m0/s1. The number of carbonyl (C=O) groups is 2. The smallest absolute Gasteiger partial charge is 0.263 e. The van der Waals surface area contributed by atoms with Crippen LogP contribution in [-0.2, 0) is 4.79 Å². The van der Waals surface area contributed by atoms with E-state index in [9.17, 15) is 9.59 Å². The maximum absolute atomic E-state index is 13.6. The lowest BCUT2D eigenvalue weighted by atomic mass is 9.90. The van der Waals surface area contributed by atoms with E-state index in [2.05, 4.69) is 38.7 Å². The fourth-order valence-corrected chi connectivity index (χ4v) is 7.07. The minimum absolute atomic E-state index is 0.128. The fourth-order valence-electron chi connectivity index (χ4n) is 6.04. The Kier molecular flexibility index (Phi) is 7.18. The molecule has 0 aromatic carbocycles. The van der Waals surface area contributed by atoms with Gasteiger partial charge < -0.3 is 20.4 Å². The monoisotopic (exact) mass is 558 g/mol. The van der Waals surface area contributed by atoms with Crippen LogP contribution in [0.15, 0.2) is 37.2 Å². The molecule has 2 amide bonds. The minimum atomic E-state index is -0.224. The van der Waals surface area contributed by atoms with Crippen molar-refractivity contribution >= 4 is 51.0 Å². The Hall–Kier alpha value is -3.92. The van der Waals surface area contributed by atoms with E-state index in [0.717, 1.165) is 65.5 Å². The highest BCUT2D eigenvalue weighted by Gasteiger charge is 2.29. The summed E-state index contributed by atoms with van der Waals surface area (Å²) >= 11 is 1.35. The van der Waals surface area contributed by atoms with E-state index in [4.69, 9.17) is 4.74 Å². The maximum atomic E-state index is 13.6. The van der Waals surface area contributed by atoms with Gasteiger partial charge in [-0.2, -0.15) is 0 Å². The molecule has 2 fully saturated rings. The number of nitrogens with zero attached hydrogens (tertiary/aromatic N) is 3. The van der Waals surface area contributed by atoms with Crippen LogP contribution in [0.4, 0.5) is 0 Å². The highest BCUT2D eigenvalue weighted by Crippen LogP contribution is 2.34. The first-order chi connectivity index (χ1) is 19.4. The largest absolute Gasteiger partial charge is 0.474 e. The molecule has 0 unspecified atom stereocenters. The highest BCUT2D eigenvalue weighted by atomic mass is 32.1. The number of hydrogen-bond donors (Lipinski definition) is 3. The molecule has 2 aliphatic rings. The summed E-state index contributed by atoms with van der Waals surface area (Å²) in [6.07, 6.45) is 13.3. The van der Waals surface area contributed by atoms with Gasteiger partial charge in [0.25, 0.3) is 5.91 Å². The summed E-state index contributed by atoms with van der Waals surface area (Å²) in [6, 6.07) is 3.64. The number of ether oxygens (including phenoxy) is 1. The summed E-state index contributed by atoms with van der Waals surface area (Å²) in [6.45, 7) is 9.90. The Bertz CT molecular complexity index is 1660. The van der Waals surface area contributed by atoms with Crippen LogP contribution in [0.5, 0.6) is 5.88 Å². The first-order valence-corrected chi connectivity index (χ1v) is 14.8. The van der Waals surface area contributed by atoms with E-state index in [-0.39, 0.29) is 30.0 Å². The number of H-pyrrole nitrogens is 1. The molecule has 0 aliphatic heterocycles. The quantitative estimate of drug-likeness (QED) is 0.286. The molecule has 0 saturated heterocycles. The van der Waals surface area contributed by atoms with Crippen molar-refractivity contribution in [1.29, 1.82) is 0 Å². The maximum Gasteiger partial charge on any atom is 0.263 e. The van der Waals surface area contributed by atoms with Crippen molar-refractivity contribution in [1.82, 2.24) is 30.2 Å². The molecular weight excluding hydrogens is 524 g/mol. The van der Waals surface area contributed by atoms with Crippen LogP contribution >= 0.6 is 11.3 Å². The van der Waals surface area contributed by atoms with Gasteiger partial charge in [-0.3, -0.25) is 14.2 Å². The third-order valence-corrected chi connectivity index (χ3v) is 9.14. The van der Waals surface area contributed by atoms with E-state index in [1.54, 1.807) is 6.20 Å². The molecule has 0 radical (unpaired) electrons. The summed E-state index contributed by atoms with van der Waals surface area (Å²) in [5.41, 5.74) is 4.11. The molecular formula is C30H34N6O3S. The van der Waals surface area contributed by atoms with Crippen LogP contribution in [0.2, 0.25) is 0 Å². The normalized spacial score (nSPS) is 19.6. The van der Waals surface area contributed by atoms with Crippen LogP contribution in [0.1, 0.15) is 66.6 Å². The van der Waals surface area contributed by atoms with Crippen LogP contribution in [0, 0.1) is 6.92 Å². The van der Waals surface area contributed by atoms with Gasteiger partial charge in [-0.15, -0.1) is 11.3 Å². The van der Waals surface area contributed by atoms with Gasteiger partial charge in [0.2, 0.25) is 11.8 Å². The number of thiophene rings is 1. The summed E-state index contributed by atoms with van der Waals surface area (Å²) < 4.78 is 8.14. The van der Waals surface area contributed by atoms with Crippen molar-refractivity contribution in [2.24, 2.45) is 0 Å². The summed E-state index contributed by atoms with van der Waals surface area (Å²) in [5.74, 6) is 0.232. The zero-order chi connectivity index (χ0) is 27.8. The lowest BCUT2D eigenvalue weighted by Gasteiger charge is -2.32. The fraction of sp³-hybridized carbons (Fsp3) is 0.400. The van der Waals surface area contributed by atoms with E-state index in [1.165, 1.54) is 30.3 Å². The van der Waals surface area contributed by atoms with Crippen LogP contribution in [0.25, 0.3) is 33.5 Å². The second-order valence-electron chi connectivity index (χ2n) is 10.7. The number of nitrogens with one attached hydrogen (secondary N) is 3. The third kappa shape index (κ3) is 4.92. The van der Waals surface area contributed by atoms with Gasteiger partial charge >= 0.3 is 0 Å². The molecule has 0 spiro atoms. The summed E-state index contributed by atoms with van der Waals surface area (Å²) in [7, 11) is 0. The molecule has 10 heteroatoms.